The first-order valence-corrected chi connectivity index (χ1v) is 7.79. The number of Topliss-reactive ketones (excluding diaryl/α,β-unsaturated/α-hetero) is 1. The highest BCUT2D eigenvalue weighted by Gasteiger charge is 2.15. The lowest BCUT2D eigenvalue weighted by Crippen LogP contribution is -2.10. The summed E-state index contributed by atoms with van der Waals surface area (Å²) in [7, 11) is 0. The van der Waals surface area contributed by atoms with E-state index in [-0.39, 0.29) is 0 Å². The number of rotatable bonds is 5. The van der Waals surface area contributed by atoms with Gasteiger partial charge in [-0.1, -0.05) is 55.8 Å². The van der Waals surface area contributed by atoms with Gasteiger partial charge in [0.15, 0.2) is 0 Å². The summed E-state index contributed by atoms with van der Waals surface area (Å²) in [6.07, 6.45) is 8.99. The summed E-state index contributed by atoms with van der Waals surface area (Å²) >= 11 is 6.17. The normalized spacial score (nSPS) is 16.5. The first-order valence-electron chi connectivity index (χ1n) is 7.42. The molecule has 0 N–H and O–H groups in total. The van der Waals surface area contributed by atoms with Crippen molar-refractivity contribution in [3.63, 3.8) is 0 Å². The van der Waals surface area contributed by atoms with Crippen molar-refractivity contribution in [1.29, 1.82) is 0 Å². The minimum absolute atomic E-state index is 0.330. The lowest BCUT2D eigenvalue weighted by molar-refractivity contribution is -0.118. The van der Waals surface area contributed by atoms with Crippen molar-refractivity contribution in [3.05, 3.63) is 34.3 Å². The van der Waals surface area contributed by atoms with Crippen LogP contribution in [0.2, 0.25) is 5.02 Å². The molecule has 0 aromatic heterocycles. The number of aryl methyl sites for hydroxylation is 1. The SMILES string of the molecule is Cc1ccc(CC(=O)CCC2CCCCC2)c(Cl)c1. The Hall–Kier alpha value is -0.820. The van der Waals surface area contributed by atoms with E-state index in [1.165, 1.54) is 32.1 Å². The van der Waals surface area contributed by atoms with E-state index < -0.39 is 0 Å². The molecule has 1 aliphatic carbocycles. The highest BCUT2D eigenvalue weighted by molar-refractivity contribution is 6.31. The molecular weight excluding hydrogens is 256 g/mol. The number of ketones is 1. The van der Waals surface area contributed by atoms with Gasteiger partial charge in [0.1, 0.15) is 5.78 Å². The van der Waals surface area contributed by atoms with Crippen LogP contribution in [0, 0.1) is 12.8 Å². The Morgan fingerprint density at radius 3 is 2.68 bits per heavy atom. The third-order valence-corrected chi connectivity index (χ3v) is 4.50. The Labute approximate surface area is 121 Å². The minimum atomic E-state index is 0.330. The van der Waals surface area contributed by atoms with Crippen LogP contribution in [-0.2, 0) is 11.2 Å². The van der Waals surface area contributed by atoms with Crippen molar-refractivity contribution in [3.8, 4) is 0 Å². The smallest absolute Gasteiger partial charge is 0.137 e. The molecule has 0 heterocycles. The Morgan fingerprint density at radius 1 is 1.26 bits per heavy atom. The van der Waals surface area contributed by atoms with Crippen LogP contribution < -0.4 is 0 Å². The summed E-state index contributed by atoms with van der Waals surface area (Å²) < 4.78 is 0. The molecule has 1 nitrogen and oxygen atoms in total. The van der Waals surface area contributed by atoms with E-state index in [9.17, 15) is 4.79 Å². The zero-order valence-corrected chi connectivity index (χ0v) is 12.5. The van der Waals surface area contributed by atoms with Crippen LogP contribution in [0.4, 0.5) is 0 Å². The number of hydrogen-bond donors (Lipinski definition) is 0. The molecular formula is C17H23ClO. The monoisotopic (exact) mass is 278 g/mol. The number of hydrogen-bond acceptors (Lipinski definition) is 1. The second kappa shape index (κ2) is 7.09. The molecule has 0 saturated heterocycles. The van der Waals surface area contributed by atoms with Gasteiger partial charge in [0.05, 0.1) is 0 Å². The summed E-state index contributed by atoms with van der Waals surface area (Å²) in [6.45, 7) is 2.01. The molecule has 0 amide bonds. The molecule has 0 atom stereocenters. The van der Waals surface area contributed by atoms with Crippen LogP contribution in [-0.4, -0.2) is 5.78 Å². The molecule has 1 fully saturated rings. The van der Waals surface area contributed by atoms with E-state index in [2.05, 4.69) is 0 Å². The Morgan fingerprint density at radius 2 is 2.00 bits per heavy atom. The molecule has 0 bridgehead atoms. The van der Waals surface area contributed by atoms with Gasteiger partial charge in [0, 0.05) is 17.9 Å². The zero-order valence-electron chi connectivity index (χ0n) is 11.8. The maximum atomic E-state index is 12.0. The van der Waals surface area contributed by atoms with Crippen molar-refractivity contribution in [2.45, 2.75) is 58.3 Å². The molecule has 0 radical (unpaired) electrons. The Balaban J connectivity index is 1.80. The molecule has 104 valence electrons. The molecule has 0 unspecified atom stereocenters. The van der Waals surface area contributed by atoms with Crippen molar-refractivity contribution < 1.29 is 4.79 Å². The predicted molar refractivity (Wildman–Crippen MR) is 80.7 cm³/mol. The second-order valence-corrected chi connectivity index (χ2v) is 6.26. The predicted octanol–water partition coefficient (Wildman–Crippen LogP) is 5.12. The van der Waals surface area contributed by atoms with Crippen LogP contribution in [0.1, 0.15) is 56.1 Å². The molecule has 2 heteroatoms. The van der Waals surface area contributed by atoms with Crippen molar-refractivity contribution in [1.82, 2.24) is 0 Å². The summed E-state index contributed by atoms with van der Waals surface area (Å²) in [5, 5.41) is 0.728. The van der Waals surface area contributed by atoms with Crippen molar-refractivity contribution in [2.75, 3.05) is 0 Å². The first-order chi connectivity index (χ1) is 9.15. The van der Waals surface area contributed by atoms with E-state index in [0.29, 0.717) is 12.2 Å². The molecule has 1 aliphatic rings. The maximum absolute atomic E-state index is 12.0. The molecule has 1 saturated carbocycles. The molecule has 1 aromatic carbocycles. The van der Waals surface area contributed by atoms with E-state index in [0.717, 1.165) is 34.9 Å². The molecule has 0 spiro atoms. The van der Waals surface area contributed by atoms with Gasteiger partial charge in [-0.3, -0.25) is 4.79 Å². The quantitative estimate of drug-likeness (QED) is 0.730. The van der Waals surface area contributed by atoms with Gasteiger partial charge in [0.25, 0.3) is 0 Å². The molecule has 19 heavy (non-hydrogen) atoms. The number of halogens is 1. The Kier molecular flexibility index (Phi) is 5.45. The van der Waals surface area contributed by atoms with E-state index >= 15 is 0 Å². The van der Waals surface area contributed by atoms with Gasteiger partial charge in [-0.2, -0.15) is 0 Å². The summed E-state index contributed by atoms with van der Waals surface area (Å²) in [6, 6.07) is 5.94. The summed E-state index contributed by atoms with van der Waals surface area (Å²) in [4.78, 5) is 12.0. The van der Waals surface area contributed by atoms with Crippen molar-refractivity contribution in [2.24, 2.45) is 5.92 Å². The van der Waals surface area contributed by atoms with E-state index in [1.807, 2.05) is 25.1 Å². The lowest BCUT2D eigenvalue weighted by atomic mass is 9.85. The average molecular weight is 279 g/mol. The van der Waals surface area contributed by atoms with Gasteiger partial charge < -0.3 is 0 Å². The van der Waals surface area contributed by atoms with Gasteiger partial charge in [0.2, 0.25) is 0 Å². The fourth-order valence-corrected chi connectivity index (χ4v) is 3.24. The number of benzene rings is 1. The highest BCUT2D eigenvalue weighted by Crippen LogP contribution is 2.27. The lowest BCUT2D eigenvalue weighted by Gasteiger charge is -2.20. The zero-order chi connectivity index (χ0) is 13.7. The molecule has 1 aromatic rings. The fourth-order valence-electron chi connectivity index (χ4n) is 2.94. The largest absolute Gasteiger partial charge is 0.299 e. The van der Waals surface area contributed by atoms with Gasteiger partial charge in [-0.25, -0.2) is 0 Å². The third kappa shape index (κ3) is 4.65. The molecule has 2 rings (SSSR count). The van der Waals surface area contributed by atoms with Gasteiger partial charge in [-0.15, -0.1) is 0 Å². The highest BCUT2D eigenvalue weighted by atomic mass is 35.5. The molecule has 0 aliphatic heterocycles. The third-order valence-electron chi connectivity index (χ3n) is 4.15. The first kappa shape index (κ1) is 14.6. The van der Waals surface area contributed by atoms with Gasteiger partial charge in [-0.05, 0) is 36.5 Å². The topological polar surface area (TPSA) is 17.1 Å². The fraction of sp³-hybridized carbons (Fsp3) is 0.588. The van der Waals surface area contributed by atoms with Crippen LogP contribution in [0.5, 0.6) is 0 Å². The minimum Gasteiger partial charge on any atom is -0.299 e. The van der Waals surface area contributed by atoms with Crippen LogP contribution in [0.3, 0.4) is 0 Å². The summed E-state index contributed by atoms with van der Waals surface area (Å²) in [5.74, 6) is 1.11. The number of carbonyl (C=O) groups is 1. The van der Waals surface area contributed by atoms with Gasteiger partial charge >= 0.3 is 0 Å². The second-order valence-electron chi connectivity index (χ2n) is 5.85. The van der Waals surface area contributed by atoms with Crippen LogP contribution in [0.15, 0.2) is 18.2 Å². The Bertz CT molecular complexity index is 433. The van der Waals surface area contributed by atoms with E-state index in [1.54, 1.807) is 0 Å². The van der Waals surface area contributed by atoms with E-state index in [4.69, 9.17) is 11.6 Å². The summed E-state index contributed by atoms with van der Waals surface area (Å²) in [5.41, 5.74) is 2.12. The number of carbonyl (C=O) groups excluding carboxylic acids is 1. The average Bonchev–Trinajstić information content (AvgIpc) is 2.41. The van der Waals surface area contributed by atoms with Crippen molar-refractivity contribution >= 4 is 17.4 Å². The van der Waals surface area contributed by atoms with Crippen LogP contribution >= 0.6 is 11.6 Å². The van der Waals surface area contributed by atoms with Crippen LogP contribution in [0.25, 0.3) is 0 Å². The standard InChI is InChI=1S/C17H23ClO/c1-13-7-9-15(17(18)11-13)12-16(19)10-8-14-5-3-2-4-6-14/h7,9,11,14H,2-6,8,10,12H2,1H3. The maximum Gasteiger partial charge on any atom is 0.137 e.